The third-order valence-corrected chi connectivity index (χ3v) is 2.93. The lowest BCUT2D eigenvalue weighted by Crippen LogP contribution is -2.44. The van der Waals surface area contributed by atoms with E-state index < -0.39 is 30.2 Å². The van der Waals surface area contributed by atoms with Crippen LogP contribution in [0.3, 0.4) is 0 Å². The van der Waals surface area contributed by atoms with Crippen LogP contribution >= 0.6 is 0 Å². The Kier molecular flexibility index (Phi) is 2.82. The number of aliphatic carboxylic acids is 1. The molecule has 2 bridgehead atoms. The molecule has 18 heavy (non-hydrogen) atoms. The summed E-state index contributed by atoms with van der Waals surface area (Å²) in [7, 11) is 0. The highest BCUT2D eigenvalue weighted by Gasteiger charge is 2.52. The maximum atomic E-state index is 12.9. The van der Waals surface area contributed by atoms with Gasteiger partial charge in [-0.15, -0.1) is 0 Å². The minimum atomic E-state index is -4.46. The predicted octanol–water partition coefficient (Wildman–Crippen LogP) is 0.388. The average molecular weight is 261 g/mol. The van der Waals surface area contributed by atoms with Crippen molar-refractivity contribution in [3.63, 3.8) is 0 Å². The zero-order valence-corrected chi connectivity index (χ0v) is 9.05. The van der Waals surface area contributed by atoms with Crippen LogP contribution in [0.5, 0.6) is 0 Å². The number of hydrogen-bond acceptors (Lipinski definition) is 4. The van der Waals surface area contributed by atoms with Gasteiger partial charge in [0.1, 0.15) is 6.04 Å². The van der Waals surface area contributed by atoms with E-state index in [0.717, 1.165) is 4.90 Å². The summed E-state index contributed by atoms with van der Waals surface area (Å²) in [5.41, 5.74) is 0. The van der Waals surface area contributed by atoms with Gasteiger partial charge in [-0.3, -0.25) is 0 Å². The molecular formula is C9H9F2N3O4. The molecule has 0 saturated carbocycles. The predicted molar refractivity (Wildman–Crippen MR) is 50.0 cm³/mol. The number of hydrogen-bond donors (Lipinski definition) is 1. The van der Waals surface area contributed by atoms with Gasteiger partial charge in [-0.1, -0.05) is 0 Å². The first kappa shape index (κ1) is 12.5. The maximum absolute atomic E-state index is 12.9. The Hall–Kier alpha value is -1.95. The number of carbonyl (C=O) groups excluding carboxylic acids is 1. The molecule has 2 heterocycles. The molecule has 0 aromatic carbocycles. The molecule has 0 radical (unpaired) electrons. The molecule has 2 amide bonds. The van der Waals surface area contributed by atoms with Crippen molar-refractivity contribution >= 4 is 12.0 Å². The summed E-state index contributed by atoms with van der Waals surface area (Å²) in [6, 6.07) is -0.337. The van der Waals surface area contributed by atoms with E-state index in [1.165, 1.54) is 0 Å². The van der Waals surface area contributed by atoms with Crippen LogP contribution in [0.15, 0.2) is 0 Å². The van der Waals surface area contributed by atoms with Gasteiger partial charge in [0.2, 0.25) is 0 Å². The molecule has 9 heteroatoms. The van der Waals surface area contributed by atoms with Gasteiger partial charge >= 0.3 is 18.1 Å². The highest BCUT2D eigenvalue weighted by molar-refractivity contribution is 5.78. The average Bonchev–Trinajstić information content (AvgIpc) is 2.55. The Morgan fingerprint density at radius 2 is 2.22 bits per heavy atom. The smallest absolute Gasteiger partial charge is 0.475 e. The second kappa shape index (κ2) is 4.06. The van der Waals surface area contributed by atoms with Crippen molar-refractivity contribution < 1.29 is 28.3 Å². The van der Waals surface area contributed by atoms with Crippen LogP contribution in [0.25, 0.3) is 0 Å². The summed E-state index contributed by atoms with van der Waals surface area (Å²) in [6.45, 7) is 0.0900. The number of piperidine rings is 1. The van der Waals surface area contributed by atoms with Crippen molar-refractivity contribution in [3.8, 4) is 6.07 Å². The lowest BCUT2D eigenvalue weighted by Gasteiger charge is -2.25. The summed E-state index contributed by atoms with van der Waals surface area (Å²) in [6.07, 6.45) is -3.79. The van der Waals surface area contributed by atoms with E-state index in [4.69, 9.17) is 10.4 Å². The van der Waals surface area contributed by atoms with Gasteiger partial charge in [0.15, 0.2) is 0 Å². The molecule has 1 N–H and O–H groups in total. The van der Waals surface area contributed by atoms with E-state index in [1.807, 2.05) is 6.07 Å². The lowest BCUT2D eigenvalue weighted by atomic mass is 10.0. The highest BCUT2D eigenvalue weighted by atomic mass is 19.3. The summed E-state index contributed by atoms with van der Waals surface area (Å²) < 4.78 is 25.8. The molecule has 2 fully saturated rings. The van der Waals surface area contributed by atoms with Gasteiger partial charge < -0.3 is 10.0 Å². The summed E-state index contributed by atoms with van der Waals surface area (Å²) >= 11 is 0. The number of nitriles is 1. The minimum absolute atomic E-state index is 0.0900. The summed E-state index contributed by atoms with van der Waals surface area (Å²) in [4.78, 5) is 27.0. The number of urea groups is 1. The first-order valence-electron chi connectivity index (χ1n) is 5.16. The standard InChI is InChI=1S/C9H9F2N3O4/c10-9(11,7(15)16)18-14-6-2-1-5(3-12)13(4-6)8(14)17/h5-6H,1-2,4H2,(H,15,16)/t5-,6+/m0/s1. The second-order valence-corrected chi connectivity index (χ2v) is 4.05. The van der Waals surface area contributed by atoms with Gasteiger partial charge in [0, 0.05) is 6.54 Å². The first-order valence-corrected chi connectivity index (χ1v) is 5.16. The van der Waals surface area contributed by atoms with Crippen molar-refractivity contribution in [2.24, 2.45) is 0 Å². The third-order valence-electron chi connectivity index (χ3n) is 2.93. The van der Waals surface area contributed by atoms with Crippen molar-refractivity contribution in [2.45, 2.75) is 31.0 Å². The van der Waals surface area contributed by atoms with Crippen LogP contribution in [0, 0.1) is 11.3 Å². The first-order chi connectivity index (χ1) is 8.36. The van der Waals surface area contributed by atoms with E-state index in [9.17, 15) is 18.4 Å². The number of nitrogens with zero attached hydrogens (tertiary/aromatic N) is 3. The molecule has 2 saturated heterocycles. The van der Waals surface area contributed by atoms with Crippen LogP contribution in [-0.4, -0.2) is 51.8 Å². The van der Waals surface area contributed by atoms with E-state index >= 15 is 0 Å². The van der Waals surface area contributed by atoms with E-state index in [2.05, 4.69) is 4.84 Å². The van der Waals surface area contributed by atoms with Crippen molar-refractivity contribution in [3.05, 3.63) is 0 Å². The zero-order chi connectivity index (χ0) is 13.5. The van der Waals surface area contributed by atoms with E-state index in [1.54, 1.807) is 0 Å². The second-order valence-electron chi connectivity index (χ2n) is 4.05. The number of fused-ring (bicyclic) bond motifs is 2. The molecule has 0 aliphatic carbocycles. The normalized spacial score (nSPS) is 27.3. The topological polar surface area (TPSA) is 93.9 Å². The van der Waals surface area contributed by atoms with Crippen molar-refractivity contribution in [1.29, 1.82) is 5.26 Å². The lowest BCUT2D eigenvalue weighted by molar-refractivity contribution is -0.327. The zero-order valence-electron chi connectivity index (χ0n) is 9.05. The molecule has 98 valence electrons. The molecule has 2 rings (SSSR count). The van der Waals surface area contributed by atoms with Crippen LogP contribution in [0.4, 0.5) is 13.6 Å². The molecular weight excluding hydrogens is 252 g/mol. The Morgan fingerprint density at radius 1 is 1.56 bits per heavy atom. The van der Waals surface area contributed by atoms with E-state index in [-0.39, 0.29) is 6.54 Å². The molecule has 2 atom stereocenters. The number of halogens is 2. The molecule has 0 unspecified atom stereocenters. The number of carboxylic acids is 1. The van der Waals surface area contributed by atoms with Crippen LogP contribution in [-0.2, 0) is 9.63 Å². The van der Waals surface area contributed by atoms with Gasteiger partial charge in [-0.25, -0.2) is 9.59 Å². The monoisotopic (exact) mass is 261 g/mol. The quantitative estimate of drug-likeness (QED) is 0.793. The Bertz CT molecular complexity index is 436. The van der Waals surface area contributed by atoms with Crippen molar-refractivity contribution in [2.75, 3.05) is 6.54 Å². The minimum Gasteiger partial charge on any atom is -0.475 e. The third kappa shape index (κ3) is 1.84. The summed E-state index contributed by atoms with van der Waals surface area (Å²) in [5.74, 6) is -2.47. The Morgan fingerprint density at radius 3 is 2.78 bits per heavy atom. The SMILES string of the molecule is N#C[C@@H]1CC[C@@H]2CN1C(=O)N2OC(F)(F)C(=O)O. The maximum Gasteiger partial charge on any atom is 0.476 e. The fourth-order valence-electron chi connectivity index (χ4n) is 2.05. The number of carbonyl (C=O) groups is 2. The largest absolute Gasteiger partial charge is 0.476 e. The number of carboxylic acid groups (broad SMARTS) is 1. The Labute approximate surface area is 100 Å². The Balaban J connectivity index is 2.15. The molecule has 7 nitrogen and oxygen atoms in total. The summed E-state index contributed by atoms with van der Waals surface area (Å²) in [5, 5.41) is 17.4. The highest BCUT2D eigenvalue weighted by Crippen LogP contribution is 2.32. The van der Waals surface area contributed by atoms with Crippen LogP contribution in [0.1, 0.15) is 12.8 Å². The molecule has 0 spiro atoms. The molecule has 0 aromatic rings. The van der Waals surface area contributed by atoms with E-state index in [0.29, 0.717) is 17.9 Å². The van der Waals surface area contributed by atoms with Crippen LogP contribution in [0.2, 0.25) is 0 Å². The molecule has 0 aromatic heterocycles. The van der Waals surface area contributed by atoms with Crippen LogP contribution < -0.4 is 0 Å². The van der Waals surface area contributed by atoms with Gasteiger partial charge in [-0.05, 0) is 12.8 Å². The van der Waals surface area contributed by atoms with Gasteiger partial charge in [0.05, 0.1) is 12.1 Å². The van der Waals surface area contributed by atoms with Gasteiger partial charge in [-0.2, -0.15) is 23.9 Å². The van der Waals surface area contributed by atoms with Crippen molar-refractivity contribution in [1.82, 2.24) is 9.96 Å². The fraction of sp³-hybridized carbons (Fsp3) is 0.667. The number of rotatable bonds is 3. The number of alkyl halides is 2. The van der Waals surface area contributed by atoms with Gasteiger partial charge in [0.25, 0.3) is 0 Å². The fourth-order valence-corrected chi connectivity index (χ4v) is 2.05. The number of amides is 2. The molecule has 2 aliphatic heterocycles. The molecule has 2 aliphatic rings. The number of hydroxylamine groups is 2.